The Balaban J connectivity index is 1.90. The summed E-state index contributed by atoms with van der Waals surface area (Å²) in [6, 6.07) is 14.7. The van der Waals surface area contributed by atoms with Gasteiger partial charge in [-0.3, -0.25) is 0 Å². The maximum Gasteiger partial charge on any atom is 0.111 e. The highest BCUT2D eigenvalue weighted by molar-refractivity contribution is 5.75. The molecule has 3 heteroatoms. The molecule has 1 heterocycles. The molecule has 0 fully saturated rings. The number of nitrogens with one attached hydrogen (secondary N) is 1. The minimum absolute atomic E-state index is 0.558. The Kier molecular flexibility index (Phi) is 3.05. The molecule has 0 spiro atoms. The first-order chi connectivity index (χ1) is 9.24. The number of nitrogens with zero attached hydrogens (tertiary/aromatic N) is 1. The molecular formula is C16H17N3. The van der Waals surface area contributed by atoms with Crippen LogP contribution in [-0.4, -0.2) is 9.97 Å². The first kappa shape index (κ1) is 11.9. The average molecular weight is 251 g/mol. The molecule has 1 aromatic heterocycles. The Morgan fingerprint density at radius 3 is 2.53 bits per heavy atom. The van der Waals surface area contributed by atoms with Crippen molar-refractivity contribution in [3.05, 3.63) is 65.0 Å². The third-order valence-corrected chi connectivity index (χ3v) is 3.32. The van der Waals surface area contributed by atoms with Crippen molar-refractivity contribution in [2.45, 2.75) is 19.9 Å². The predicted molar refractivity (Wildman–Crippen MR) is 78.0 cm³/mol. The molecule has 0 aliphatic carbocycles. The van der Waals surface area contributed by atoms with Gasteiger partial charge in [0, 0.05) is 13.0 Å². The predicted octanol–water partition coefficient (Wildman–Crippen LogP) is 2.92. The molecule has 0 unspecified atom stereocenters. The van der Waals surface area contributed by atoms with Gasteiger partial charge in [0.25, 0.3) is 0 Å². The van der Waals surface area contributed by atoms with Crippen LogP contribution in [0.4, 0.5) is 0 Å². The van der Waals surface area contributed by atoms with Crippen LogP contribution in [0.5, 0.6) is 0 Å². The van der Waals surface area contributed by atoms with E-state index in [1.165, 1.54) is 11.1 Å². The summed E-state index contributed by atoms with van der Waals surface area (Å²) >= 11 is 0. The van der Waals surface area contributed by atoms with Gasteiger partial charge in [-0.05, 0) is 30.2 Å². The molecule has 3 rings (SSSR count). The van der Waals surface area contributed by atoms with Crippen LogP contribution < -0.4 is 5.73 Å². The lowest BCUT2D eigenvalue weighted by atomic mass is 10.1. The Hall–Kier alpha value is -2.13. The van der Waals surface area contributed by atoms with Crippen LogP contribution in [0.3, 0.4) is 0 Å². The second kappa shape index (κ2) is 4.86. The molecule has 0 aliphatic heterocycles. The fraction of sp³-hybridized carbons (Fsp3) is 0.188. The molecule has 0 amide bonds. The molecular weight excluding hydrogens is 234 g/mol. The van der Waals surface area contributed by atoms with Crippen molar-refractivity contribution in [2.75, 3.05) is 0 Å². The van der Waals surface area contributed by atoms with E-state index in [2.05, 4.69) is 47.2 Å². The van der Waals surface area contributed by atoms with Gasteiger partial charge in [0.1, 0.15) is 5.82 Å². The van der Waals surface area contributed by atoms with Crippen LogP contribution in [-0.2, 0) is 13.0 Å². The number of rotatable bonds is 3. The van der Waals surface area contributed by atoms with E-state index in [1.807, 2.05) is 12.1 Å². The molecule has 0 saturated carbocycles. The van der Waals surface area contributed by atoms with Crippen molar-refractivity contribution >= 4 is 11.0 Å². The van der Waals surface area contributed by atoms with Crippen LogP contribution in [0.15, 0.2) is 42.5 Å². The summed E-state index contributed by atoms with van der Waals surface area (Å²) in [6.07, 6.45) is 0.826. The normalized spacial score (nSPS) is 11.1. The van der Waals surface area contributed by atoms with Gasteiger partial charge in [-0.25, -0.2) is 4.98 Å². The zero-order valence-corrected chi connectivity index (χ0v) is 11.0. The number of nitrogens with two attached hydrogens (primary N) is 1. The molecule has 0 atom stereocenters. The van der Waals surface area contributed by atoms with Gasteiger partial charge >= 0.3 is 0 Å². The molecule has 3 N–H and O–H groups in total. The summed E-state index contributed by atoms with van der Waals surface area (Å²) in [7, 11) is 0. The maximum absolute atomic E-state index is 5.65. The summed E-state index contributed by atoms with van der Waals surface area (Å²) in [5, 5.41) is 0. The van der Waals surface area contributed by atoms with Gasteiger partial charge in [-0.1, -0.05) is 35.9 Å². The Morgan fingerprint density at radius 1 is 1.05 bits per heavy atom. The van der Waals surface area contributed by atoms with Gasteiger partial charge in [0.15, 0.2) is 0 Å². The van der Waals surface area contributed by atoms with Gasteiger partial charge in [-0.2, -0.15) is 0 Å². The van der Waals surface area contributed by atoms with E-state index < -0.39 is 0 Å². The number of aromatic amines is 1. The van der Waals surface area contributed by atoms with Gasteiger partial charge < -0.3 is 10.7 Å². The SMILES string of the molecule is Cc1ccc(Cc2nc3ccc(CN)cc3[nH]2)cc1. The third-order valence-electron chi connectivity index (χ3n) is 3.32. The van der Waals surface area contributed by atoms with Crippen molar-refractivity contribution in [1.82, 2.24) is 9.97 Å². The molecule has 96 valence electrons. The van der Waals surface area contributed by atoms with E-state index in [-0.39, 0.29) is 0 Å². The summed E-state index contributed by atoms with van der Waals surface area (Å²) < 4.78 is 0. The fourth-order valence-corrected chi connectivity index (χ4v) is 2.22. The first-order valence-electron chi connectivity index (χ1n) is 6.48. The molecule has 0 bridgehead atoms. The van der Waals surface area contributed by atoms with Crippen molar-refractivity contribution < 1.29 is 0 Å². The van der Waals surface area contributed by atoms with Crippen LogP contribution in [0.25, 0.3) is 11.0 Å². The Labute approximate surface area is 112 Å². The largest absolute Gasteiger partial charge is 0.342 e. The van der Waals surface area contributed by atoms with Crippen molar-refractivity contribution in [3.8, 4) is 0 Å². The highest BCUT2D eigenvalue weighted by Crippen LogP contribution is 2.16. The standard InChI is InChI=1S/C16H17N3/c1-11-2-4-12(5-3-11)9-16-18-14-7-6-13(10-17)8-15(14)19-16/h2-8H,9-10,17H2,1H3,(H,18,19). The zero-order valence-electron chi connectivity index (χ0n) is 11.0. The van der Waals surface area contributed by atoms with Crippen molar-refractivity contribution in [3.63, 3.8) is 0 Å². The second-order valence-electron chi connectivity index (χ2n) is 4.90. The van der Waals surface area contributed by atoms with Crippen LogP contribution in [0.2, 0.25) is 0 Å². The van der Waals surface area contributed by atoms with Crippen molar-refractivity contribution in [1.29, 1.82) is 0 Å². The highest BCUT2D eigenvalue weighted by Gasteiger charge is 2.04. The minimum atomic E-state index is 0.558. The second-order valence-corrected chi connectivity index (χ2v) is 4.90. The van der Waals surface area contributed by atoms with E-state index in [4.69, 9.17) is 5.73 Å². The van der Waals surface area contributed by atoms with E-state index in [0.29, 0.717) is 6.54 Å². The minimum Gasteiger partial charge on any atom is -0.342 e. The maximum atomic E-state index is 5.65. The van der Waals surface area contributed by atoms with Gasteiger partial charge in [-0.15, -0.1) is 0 Å². The molecule has 3 aromatic rings. The number of aromatic nitrogens is 2. The zero-order chi connectivity index (χ0) is 13.2. The van der Waals surface area contributed by atoms with E-state index in [1.54, 1.807) is 0 Å². The lowest BCUT2D eigenvalue weighted by molar-refractivity contribution is 1.04. The van der Waals surface area contributed by atoms with Crippen molar-refractivity contribution in [2.24, 2.45) is 5.73 Å². The number of hydrogen-bond donors (Lipinski definition) is 2. The Morgan fingerprint density at radius 2 is 1.79 bits per heavy atom. The molecule has 19 heavy (non-hydrogen) atoms. The summed E-state index contributed by atoms with van der Waals surface area (Å²) in [4.78, 5) is 7.98. The fourth-order valence-electron chi connectivity index (χ4n) is 2.22. The number of aryl methyl sites for hydroxylation is 1. The van der Waals surface area contributed by atoms with Crippen LogP contribution in [0.1, 0.15) is 22.5 Å². The number of hydrogen-bond acceptors (Lipinski definition) is 2. The summed E-state index contributed by atoms with van der Waals surface area (Å²) in [5.41, 5.74) is 11.4. The number of fused-ring (bicyclic) bond motifs is 1. The third kappa shape index (κ3) is 2.51. The number of H-pyrrole nitrogens is 1. The molecule has 3 nitrogen and oxygen atoms in total. The quantitative estimate of drug-likeness (QED) is 0.752. The Bertz CT molecular complexity index is 696. The van der Waals surface area contributed by atoms with E-state index in [0.717, 1.165) is 28.8 Å². The summed E-state index contributed by atoms with van der Waals surface area (Å²) in [5.74, 6) is 0.994. The topological polar surface area (TPSA) is 54.7 Å². The monoisotopic (exact) mass is 251 g/mol. The van der Waals surface area contributed by atoms with Crippen LogP contribution in [0, 0.1) is 6.92 Å². The molecule has 0 aliphatic rings. The van der Waals surface area contributed by atoms with E-state index in [9.17, 15) is 0 Å². The first-order valence-corrected chi connectivity index (χ1v) is 6.48. The molecule has 2 aromatic carbocycles. The van der Waals surface area contributed by atoms with Gasteiger partial charge in [0.2, 0.25) is 0 Å². The number of imidazole rings is 1. The highest BCUT2D eigenvalue weighted by atomic mass is 14.9. The lowest BCUT2D eigenvalue weighted by Crippen LogP contribution is -1.95. The lowest BCUT2D eigenvalue weighted by Gasteiger charge is -1.98. The summed E-state index contributed by atoms with van der Waals surface area (Å²) in [6.45, 7) is 2.65. The molecule has 0 saturated heterocycles. The average Bonchev–Trinajstić information content (AvgIpc) is 2.82. The molecule has 0 radical (unpaired) electrons. The van der Waals surface area contributed by atoms with Crippen LogP contribution >= 0.6 is 0 Å². The van der Waals surface area contributed by atoms with E-state index >= 15 is 0 Å². The number of benzene rings is 2. The smallest absolute Gasteiger partial charge is 0.111 e. The van der Waals surface area contributed by atoms with Gasteiger partial charge in [0.05, 0.1) is 11.0 Å².